The van der Waals surface area contributed by atoms with Gasteiger partial charge in [0.05, 0.1) is 7.11 Å². The van der Waals surface area contributed by atoms with Gasteiger partial charge >= 0.3 is 12.6 Å². The lowest BCUT2D eigenvalue weighted by atomic mass is 9.94. The average Bonchev–Trinajstić information content (AvgIpc) is 3.11. The van der Waals surface area contributed by atoms with Crippen molar-refractivity contribution in [2.45, 2.75) is 70.7 Å². The number of carbonyl (C=O) groups is 2. The van der Waals surface area contributed by atoms with E-state index in [0.29, 0.717) is 19.3 Å². The van der Waals surface area contributed by atoms with E-state index in [1.165, 1.54) is 19.2 Å². The highest BCUT2D eigenvalue weighted by atomic mass is 19.3. The van der Waals surface area contributed by atoms with Crippen LogP contribution in [0.5, 0.6) is 11.8 Å². The smallest absolute Gasteiger partial charge is 0.388 e. The number of amides is 3. The van der Waals surface area contributed by atoms with E-state index in [1.54, 1.807) is 11.8 Å². The van der Waals surface area contributed by atoms with Crippen LogP contribution in [0.25, 0.3) is 0 Å². The summed E-state index contributed by atoms with van der Waals surface area (Å²) in [5.41, 5.74) is 1.76. The van der Waals surface area contributed by atoms with Gasteiger partial charge in [-0.25, -0.2) is 4.79 Å². The van der Waals surface area contributed by atoms with Gasteiger partial charge in [0.1, 0.15) is 5.69 Å². The zero-order chi connectivity index (χ0) is 25.1. The van der Waals surface area contributed by atoms with Gasteiger partial charge in [0.2, 0.25) is 17.7 Å². The Balaban J connectivity index is 1.68. The number of aryl methyl sites for hydroxylation is 1. The van der Waals surface area contributed by atoms with Crippen LogP contribution in [0.3, 0.4) is 0 Å². The standard InChI is InChI=1S/C25H30F2N4O4/c1-4-16-7-5-6-8-21(16)31(19-13-17-9-10-18(14-19)30(17)15(2)32)25(33)28-20-11-12-22(34-3)29-23(20)35-24(26)27/h5-8,11-12,17-19,24H,4,9-10,13-14H2,1-3H3,(H,28,33). The molecule has 2 unspecified atom stereocenters. The van der Waals surface area contributed by atoms with Gasteiger partial charge in [-0.1, -0.05) is 25.1 Å². The number of ether oxygens (including phenoxy) is 2. The van der Waals surface area contributed by atoms with Crippen molar-refractivity contribution in [3.8, 4) is 11.8 Å². The maximum atomic E-state index is 13.8. The molecule has 2 aromatic rings. The third kappa shape index (κ3) is 5.16. The molecule has 8 nitrogen and oxygen atoms in total. The lowest BCUT2D eigenvalue weighted by molar-refractivity contribution is -0.133. The molecular weight excluding hydrogens is 458 g/mol. The van der Waals surface area contributed by atoms with Crippen LogP contribution in [-0.4, -0.2) is 53.7 Å². The molecule has 1 aromatic carbocycles. The summed E-state index contributed by atoms with van der Waals surface area (Å²) in [7, 11) is 1.36. The van der Waals surface area contributed by atoms with Crippen LogP contribution in [0.1, 0.15) is 45.1 Å². The van der Waals surface area contributed by atoms with Crippen LogP contribution >= 0.6 is 0 Å². The molecule has 2 aliphatic heterocycles. The second-order valence-corrected chi connectivity index (χ2v) is 8.80. The van der Waals surface area contributed by atoms with E-state index in [2.05, 4.69) is 15.0 Å². The minimum absolute atomic E-state index is 0.0132. The Morgan fingerprint density at radius 1 is 1.17 bits per heavy atom. The number of nitrogens with zero attached hydrogens (tertiary/aromatic N) is 3. The number of anilines is 2. The van der Waals surface area contributed by atoms with Crippen molar-refractivity contribution in [3.63, 3.8) is 0 Å². The largest absolute Gasteiger partial charge is 0.481 e. The quantitative estimate of drug-likeness (QED) is 0.603. The molecule has 1 aromatic heterocycles. The molecule has 0 radical (unpaired) electrons. The molecule has 188 valence electrons. The minimum atomic E-state index is -3.12. The first-order valence-electron chi connectivity index (χ1n) is 11.8. The van der Waals surface area contributed by atoms with E-state index in [0.717, 1.165) is 24.1 Å². The maximum absolute atomic E-state index is 13.8. The first-order chi connectivity index (χ1) is 16.8. The lowest BCUT2D eigenvalue weighted by Crippen LogP contribution is -2.54. The summed E-state index contributed by atoms with van der Waals surface area (Å²) in [5, 5.41) is 2.73. The maximum Gasteiger partial charge on any atom is 0.388 e. The predicted molar refractivity (Wildman–Crippen MR) is 127 cm³/mol. The van der Waals surface area contributed by atoms with Crippen LogP contribution < -0.4 is 19.7 Å². The Bertz CT molecular complexity index is 1070. The number of alkyl halides is 2. The Hall–Kier alpha value is -3.43. The molecule has 2 aliphatic rings. The summed E-state index contributed by atoms with van der Waals surface area (Å²) in [6, 6.07) is 10.0. The number of hydrogen-bond donors (Lipinski definition) is 1. The van der Waals surface area contributed by atoms with E-state index < -0.39 is 18.5 Å². The van der Waals surface area contributed by atoms with Crippen LogP contribution in [0.15, 0.2) is 36.4 Å². The van der Waals surface area contributed by atoms with Crippen LogP contribution in [0.4, 0.5) is 25.0 Å². The van der Waals surface area contributed by atoms with E-state index in [-0.39, 0.29) is 35.6 Å². The Morgan fingerprint density at radius 2 is 1.86 bits per heavy atom. The summed E-state index contributed by atoms with van der Waals surface area (Å²) in [6.45, 7) is 0.483. The third-order valence-corrected chi connectivity index (χ3v) is 6.77. The molecule has 2 bridgehead atoms. The zero-order valence-corrected chi connectivity index (χ0v) is 20.0. The Morgan fingerprint density at radius 3 is 2.46 bits per heavy atom. The Kier molecular flexibility index (Phi) is 7.37. The van der Waals surface area contributed by atoms with Gasteiger partial charge in [0.25, 0.3) is 0 Å². The number of carbonyl (C=O) groups excluding carboxylic acids is 2. The highest BCUT2D eigenvalue weighted by molar-refractivity contribution is 6.03. The predicted octanol–water partition coefficient (Wildman–Crippen LogP) is 4.83. The number of rotatable bonds is 7. The highest BCUT2D eigenvalue weighted by Gasteiger charge is 2.45. The first kappa shape index (κ1) is 24.7. The second-order valence-electron chi connectivity index (χ2n) is 8.80. The number of piperidine rings is 1. The van der Waals surface area contributed by atoms with Crippen LogP contribution in [0, 0.1) is 0 Å². The Labute approximate surface area is 203 Å². The van der Waals surface area contributed by atoms with Crippen molar-refractivity contribution in [3.05, 3.63) is 42.0 Å². The number of benzene rings is 1. The van der Waals surface area contributed by atoms with Crippen molar-refractivity contribution < 1.29 is 27.8 Å². The van der Waals surface area contributed by atoms with E-state index in [1.807, 2.05) is 36.1 Å². The van der Waals surface area contributed by atoms with Gasteiger partial charge < -0.3 is 19.7 Å². The lowest BCUT2D eigenvalue weighted by Gasteiger charge is -2.43. The second kappa shape index (κ2) is 10.5. The van der Waals surface area contributed by atoms with Crippen molar-refractivity contribution >= 4 is 23.3 Å². The first-order valence-corrected chi connectivity index (χ1v) is 11.8. The molecule has 0 saturated carbocycles. The molecule has 2 fully saturated rings. The number of aromatic nitrogens is 1. The number of urea groups is 1. The summed E-state index contributed by atoms with van der Waals surface area (Å²) in [6.07, 6.45) is 3.80. The van der Waals surface area contributed by atoms with Crippen LogP contribution in [-0.2, 0) is 11.2 Å². The fourth-order valence-electron chi connectivity index (χ4n) is 5.37. The summed E-state index contributed by atoms with van der Waals surface area (Å²) in [5.74, 6) is -0.290. The van der Waals surface area contributed by atoms with Crippen molar-refractivity contribution in [2.75, 3.05) is 17.3 Å². The fourth-order valence-corrected chi connectivity index (χ4v) is 5.37. The molecule has 1 N–H and O–H groups in total. The molecule has 0 spiro atoms. The van der Waals surface area contributed by atoms with E-state index in [9.17, 15) is 18.4 Å². The number of fused-ring (bicyclic) bond motifs is 2. The molecule has 3 amide bonds. The summed E-state index contributed by atoms with van der Waals surface area (Å²) in [4.78, 5) is 33.5. The molecule has 35 heavy (non-hydrogen) atoms. The monoisotopic (exact) mass is 488 g/mol. The van der Waals surface area contributed by atoms with Gasteiger partial charge in [-0.3, -0.25) is 9.69 Å². The molecule has 2 saturated heterocycles. The molecular formula is C25H30F2N4O4. The summed E-state index contributed by atoms with van der Waals surface area (Å²) >= 11 is 0. The minimum Gasteiger partial charge on any atom is -0.481 e. The molecule has 0 aliphatic carbocycles. The van der Waals surface area contributed by atoms with Gasteiger partial charge in [-0.2, -0.15) is 13.8 Å². The van der Waals surface area contributed by atoms with Crippen molar-refractivity contribution in [1.29, 1.82) is 0 Å². The number of pyridine rings is 1. The molecule has 4 rings (SSSR count). The number of nitrogens with one attached hydrogen (secondary N) is 1. The van der Waals surface area contributed by atoms with E-state index in [4.69, 9.17) is 4.74 Å². The topological polar surface area (TPSA) is 84.0 Å². The number of hydrogen-bond acceptors (Lipinski definition) is 5. The number of methoxy groups -OCH3 is 1. The van der Waals surface area contributed by atoms with Gasteiger partial charge in [-0.05, 0) is 49.8 Å². The van der Waals surface area contributed by atoms with Gasteiger partial charge in [0.15, 0.2) is 0 Å². The van der Waals surface area contributed by atoms with Gasteiger partial charge in [0, 0.05) is 36.8 Å². The summed E-state index contributed by atoms with van der Waals surface area (Å²) < 4.78 is 35.6. The SMILES string of the molecule is CCc1ccccc1N(C(=O)Nc1ccc(OC)nc1OC(F)F)C1CC2CCC(C1)N2C(C)=O. The van der Waals surface area contributed by atoms with Crippen LogP contribution in [0.2, 0.25) is 0 Å². The molecule has 2 atom stereocenters. The van der Waals surface area contributed by atoms with Crippen molar-refractivity contribution in [1.82, 2.24) is 9.88 Å². The van der Waals surface area contributed by atoms with Crippen molar-refractivity contribution in [2.24, 2.45) is 0 Å². The fraction of sp³-hybridized carbons (Fsp3) is 0.480. The zero-order valence-electron chi connectivity index (χ0n) is 20.0. The molecule has 10 heteroatoms. The van der Waals surface area contributed by atoms with E-state index >= 15 is 0 Å². The highest BCUT2D eigenvalue weighted by Crippen LogP contribution is 2.40. The third-order valence-electron chi connectivity index (χ3n) is 6.77. The average molecular weight is 489 g/mol. The number of para-hydroxylation sites is 1. The molecule has 3 heterocycles. The normalized spacial score (nSPS) is 21.1. The van der Waals surface area contributed by atoms with Gasteiger partial charge in [-0.15, -0.1) is 0 Å². The number of halogens is 2.